The average molecular weight is 338 g/mol. The van der Waals surface area contributed by atoms with Crippen LogP contribution in [0.25, 0.3) is 0 Å². The van der Waals surface area contributed by atoms with Gasteiger partial charge in [-0.1, -0.05) is 18.7 Å². The molecule has 0 saturated carbocycles. The van der Waals surface area contributed by atoms with Crippen LogP contribution in [0, 0.1) is 0 Å². The summed E-state index contributed by atoms with van der Waals surface area (Å²) in [6.07, 6.45) is 1.95. The molecule has 0 aliphatic carbocycles. The summed E-state index contributed by atoms with van der Waals surface area (Å²) in [5, 5.41) is 3.19. The quantitative estimate of drug-likeness (QED) is 0.554. The van der Waals surface area contributed by atoms with Crippen LogP contribution in [-0.2, 0) is 16.6 Å². The van der Waals surface area contributed by atoms with E-state index in [1.54, 1.807) is 4.31 Å². The smallest absolute Gasteiger partial charge is 0.215 e. The molecule has 0 bridgehead atoms. The van der Waals surface area contributed by atoms with Gasteiger partial charge in [-0.3, -0.25) is 0 Å². The van der Waals surface area contributed by atoms with Gasteiger partial charge in [-0.2, -0.15) is 0 Å². The lowest BCUT2D eigenvalue weighted by Gasteiger charge is -2.15. The van der Waals surface area contributed by atoms with Gasteiger partial charge in [0.1, 0.15) is 12.4 Å². The Bertz CT molecular complexity index is 622. The molecule has 0 aromatic heterocycles. The largest absolute Gasteiger partial charge is 0.489 e. The Morgan fingerprint density at radius 1 is 1.35 bits per heavy atom. The molecule has 23 heavy (non-hydrogen) atoms. The normalized spacial score (nSPS) is 15.7. The zero-order chi connectivity index (χ0) is 16.7. The van der Waals surface area contributed by atoms with Gasteiger partial charge in [-0.25, -0.2) is 12.7 Å². The summed E-state index contributed by atoms with van der Waals surface area (Å²) in [5.74, 6) is 0.954. The highest BCUT2D eigenvalue weighted by Gasteiger charge is 2.24. The summed E-state index contributed by atoms with van der Waals surface area (Å²) >= 11 is 0. The van der Waals surface area contributed by atoms with Crippen LogP contribution in [-0.4, -0.2) is 44.7 Å². The van der Waals surface area contributed by atoms with Crippen molar-refractivity contribution in [3.05, 3.63) is 42.0 Å². The third-order valence-corrected chi connectivity index (χ3v) is 5.58. The molecule has 0 atom stereocenters. The maximum absolute atomic E-state index is 12.1. The van der Waals surface area contributed by atoms with E-state index in [0.29, 0.717) is 32.8 Å². The number of hydrogen-bond donors (Lipinski definition) is 1. The Balaban J connectivity index is 1.75. The van der Waals surface area contributed by atoms with Crippen molar-refractivity contribution in [1.82, 2.24) is 9.62 Å². The molecule has 0 radical (unpaired) electrons. The van der Waals surface area contributed by atoms with Gasteiger partial charge in [0.25, 0.3) is 0 Å². The molecule has 1 saturated heterocycles. The molecule has 1 aliphatic heterocycles. The van der Waals surface area contributed by atoms with Crippen molar-refractivity contribution in [3.63, 3.8) is 0 Å². The van der Waals surface area contributed by atoms with E-state index in [-0.39, 0.29) is 5.75 Å². The van der Waals surface area contributed by atoms with Crippen molar-refractivity contribution in [2.24, 2.45) is 0 Å². The summed E-state index contributed by atoms with van der Waals surface area (Å²) in [4.78, 5) is 0. The highest BCUT2D eigenvalue weighted by molar-refractivity contribution is 7.89. The van der Waals surface area contributed by atoms with Gasteiger partial charge in [0.15, 0.2) is 0 Å². The summed E-state index contributed by atoms with van der Waals surface area (Å²) in [5.41, 5.74) is 2.04. The van der Waals surface area contributed by atoms with Crippen molar-refractivity contribution in [2.75, 3.05) is 32.0 Å². The second kappa shape index (κ2) is 8.47. The van der Waals surface area contributed by atoms with Crippen molar-refractivity contribution in [3.8, 4) is 5.75 Å². The average Bonchev–Trinajstić information content (AvgIpc) is 3.05. The van der Waals surface area contributed by atoms with Crippen molar-refractivity contribution >= 4 is 10.0 Å². The van der Waals surface area contributed by atoms with E-state index in [2.05, 4.69) is 11.9 Å². The molecule has 0 spiro atoms. The number of ether oxygens (including phenoxy) is 1. The number of rotatable bonds is 9. The molecular formula is C17H26N2O3S. The van der Waals surface area contributed by atoms with Crippen LogP contribution in [0.3, 0.4) is 0 Å². The minimum atomic E-state index is -3.10. The molecule has 5 nitrogen and oxygen atoms in total. The second-order valence-electron chi connectivity index (χ2n) is 5.99. The Labute approximate surface area is 139 Å². The lowest BCUT2D eigenvalue weighted by atomic mass is 10.2. The fraction of sp³-hybridized carbons (Fsp3) is 0.529. The Kier molecular flexibility index (Phi) is 6.62. The van der Waals surface area contributed by atoms with Crippen molar-refractivity contribution < 1.29 is 13.2 Å². The zero-order valence-corrected chi connectivity index (χ0v) is 14.6. The Morgan fingerprint density at radius 3 is 2.78 bits per heavy atom. The molecule has 1 aliphatic rings. The lowest BCUT2D eigenvalue weighted by molar-refractivity contribution is 0.352. The summed E-state index contributed by atoms with van der Waals surface area (Å²) in [6, 6.07) is 7.80. The van der Waals surface area contributed by atoms with Crippen LogP contribution in [0.4, 0.5) is 0 Å². The number of nitrogens with zero attached hydrogens (tertiary/aromatic N) is 1. The third-order valence-electron chi connectivity index (χ3n) is 3.71. The van der Waals surface area contributed by atoms with Gasteiger partial charge in [0.05, 0.1) is 5.75 Å². The van der Waals surface area contributed by atoms with E-state index in [9.17, 15) is 8.42 Å². The van der Waals surface area contributed by atoms with Gasteiger partial charge in [-0.05, 0) is 43.0 Å². The van der Waals surface area contributed by atoms with Crippen molar-refractivity contribution in [2.45, 2.75) is 26.3 Å². The molecule has 6 heteroatoms. The van der Waals surface area contributed by atoms with Gasteiger partial charge < -0.3 is 10.1 Å². The van der Waals surface area contributed by atoms with E-state index in [1.165, 1.54) is 0 Å². The topological polar surface area (TPSA) is 58.6 Å². The number of benzene rings is 1. The minimum absolute atomic E-state index is 0.152. The molecule has 1 heterocycles. The minimum Gasteiger partial charge on any atom is -0.489 e. The molecule has 2 rings (SSSR count). The summed E-state index contributed by atoms with van der Waals surface area (Å²) in [6.45, 7) is 8.66. The van der Waals surface area contributed by atoms with Crippen LogP contribution < -0.4 is 10.1 Å². The first-order valence-electron chi connectivity index (χ1n) is 8.02. The van der Waals surface area contributed by atoms with Crippen molar-refractivity contribution in [1.29, 1.82) is 0 Å². The Hall–Kier alpha value is -1.37. The molecule has 0 unspecified atom stereocenters. The predicted molar refractivity (Wildman–Crippen MR) is 93.1 cm³/mol. The van der Waals surface area contributed by atoms with E-state index >= 15 is 0 Å². The Morgan fingerprint density at radius 2 is 2.09 bits per heavy atom. The van der Waals surface area contributed by atoms with Crippen LogP contribution in [0.5, 0.6) is 5.75 Å². The SMILES string of the molecule is C=C(C)COc1cccc(CNCCS(=O)(=O)N2CCCC2)c1. The second-order valence-corrected chi connectivity index (χ2v) is 8.08. The molecule has 1 aromatic rings. The first kappa shape index (κ1) is 18.0. The van der Waals surface area contributed by atoms with Gasteiger partial charge in [0.2, 0.25) is 10.0 Å². The van der Waals surface area contributed by atoms with Crippen LogP contribution in [0.1, 0.15) is 25.3 Å². The third kappa shape index (κ3) is 5.97. The summed E-state index contributed by atoms with van der Waals surface area (Å²) < 4.78 is 31.4. The highest BCUT2D eigenvalue weighted by atomic mass is 32.2. The van der Waals surface area contributed by atoms with Gasteiger partial charge in [-0.15, -0.1) is 0 Å². The first-order chi connectivity index (χ1) is 11.0. The fourth-order valence-corrected chi connectivity index (χ4v) is 3.96. The monoisotopic (exact) mass is 338 g/mol. The number of hydrogen-bond acceptors (Lipinski definition) is 4. The fourth-order valence-electron chi connectivity index (χ4n) is 2.48. The number of nitrogens with one attached hydrogen (secondary N) is 1. The maximum Gasteiger partial charge on any atom is 0.215 e. The molecule has 0 amide bonds. The molecule has 1 fully saturated rings. The molecule has 1 N–H and O–H groups in total. The van der Waals surface area contributed by atoms with E-state index in [0.717, 1.165) is 29.7 Å². The van der Waals surface area contributed by atoms with E-state index in [4.69, 9.17) is 4.74 Å². The van der Waals surface area contributed by atoms with E-state index in [1.807, 2.05) is 31.2 Å². The lowest BCUT2D eigenvalue weighted by Crippen LogP contribution is -2.34. The zero-order valence-electron chi connectivity index (χ0n) is 13.8. The van der Waals surface area contributed by atoms with Gasteiger partial charge in [0, 0.05) is 26.2 Å². The predicted octanol–water partition coefficient (Wildman–Crippen LogP) is 2.16. The maximum atomic E-state index is 12.1. The first-order valence-corrected chi connectivity index (χ1v) is 9.63. The van der Waals surface area contributed by atoms with Gasteiger partial charge >= 0.3 is 0 Å². The van der Waals surface area contributed by atoms with Crippen LogP contribution in [0.15, 0.2) is 36.4 Å². The van der Waals surface area contributed by atoms with E-state index < -0.39 is 10.0 Å². The highest BCUT2D eigenvalue weighted by Crippen LogP contribution is 2.14. The molecule has 128 valence electrons. The van der Waals surface area contributed by atoms with Crippen LogP contribution >= 0.6 is 0 Å². The summed E-state index contributed by atoms with van der Waals surface area (Å²) in [7, 11) is -3.10. The standard InChI is InChI=1S/C17H26N2O3S/c1-15(2)14-22-17-7-5-6-16(12-17)13-18-8-11-23(20,21)19-9-3-4-10-19/h5-7,12,18H,1,3-4,8-11,13-14H2,2H3. The molecule has 1 aromatic carbocycles. The number of sulfonamides is 1. The molecular weight excluding hydrogens is 312 g/mol. The van der Waals surface area contributed by atoms with Crippen LogP contribution in [0.2, 0.25) is 0 Å².